The molecule has 0 unspecified atom stereocenters. The minimum Gasteiger partial charge on any atom is -0.461 e. The van der Waals surface area contributed by atoms with E-state index in [9.17, 15) is 4.79 Å². The standard InChI is InChI=1S/C21H14BrClN2O2S/c22-13-5-8-18-15(10-13)17-11-16(19-2-1-9-28-19)24-25(17)21(27-18)20(26)12-3-6-14(23)7-4-12/h1-10,17,21H,11H2/t17-,21+/m1/s1. The fraction of sp³-hybridized carbons (Fsp3) is 0.143. The van der Waals surface area contributed by atoms with Crippen molar-refractivity contribution < 1.29 is 9.53 Å². The lowest BCUT2D eigenvalue weighted by atomic mass is 9.97. The van der Waals surface area contributed by atoms with Gasteiger partial charge in [-0.15, -0.1) is 11.3 Å². The lowest BCUT2D eigenvalue weighted by molar-refractivity contribution is -0.00458. The van der Waals surface area contributed by atoms with Gasteiger partial charge in [0.15, 0.2) is 0 Å². The van der Waals surface area contributed by atoms with E-state index in [1.165, 1.54) is 0 Å². The maximum absolute atomic E-state index is 13.2. The molecular weight excluding hydrogens is 460 g/mol. The van der Waals surface area contributed by atoms with Gasteiger partial charge in [0.1, 0.15) is 5.75 Å². The molecule has 0 N–H and O–H groups in total. The summed E-state index contributed by atoms with van der Waals surface area (Å²) in [6, 6.07) is 16.8. The molecule has 7 heteroatoms. The SMILES string of the molecule is O=C(c1ccc(Cl)cc1)[C@@H]1Oc2ccc(Br)cc2[C@H]2CC(c3cccs3)=NN21. The van der Waals surface area contributed by atoms with E-state index in [-0.39, 0.29) is 11.8 Å². The van der Waals surface area contributed by atoms with Crippen LogP contribution in [0.15, 0.2) is 69.6 Å². The van der Waals surface area contributed by atoms with Gasteiger partial charge in [-0.3, -0.25) is 4.79 Å². The van der Waals surface area contributed by atoms with E-state index in [0.29, 0.717) is 10.6 Å². The van der Waals surface area contributed by atoms with Crippen LogP contribution in [0, 0.1) is 0 Å². The minimum absolute atomic E-state index is 0.0420. The zero-order valence-corrected chi connectivity index (χ0v) is 17.7. The van der Waals surface area contributed by atoms with E-state index < -0.39 is 6.23 Å². The van der Waals surface area contributed by atoms with Crippen LogP contribution in [0.5, 0.6) is 5.75 Å². The highest BCUT2D eigenvalue weighted by Crippen LogP contribution is 2.44. The third kappa shape index (κ3) is 3.05. The Labute approximate surface area is 179 Å². The van der Waals surface area contributed by atoms with Gasteiger partial charge in [-0.2, -0.15) is 5.10 Å². The van der Waals surface area contributed by atoms with Crippen LogP contribution in [-0.4, -0.2) is 22.7 Å². The first-order valence-corrected chi connectivity index (χ1v) is 10.8. The van der Waals surface area contributed by atoms with Gasteiger partial charge >= 0.3 is 0 Å². The number of carbonyl (C=O) groups is 1. The molecule has 5 rings (SSSR count). The molecule has 2 aliphatic heterocycles. The van der Waals surface area contributed by atoms with Gasteiger partial charge in [0.25, 0.3) is 6.23 Å². The normalized spacial score (nSPS) is 20.2. The Morgan fingerprint density at radius 3 is 2.79 bits per heavy atom. The van der Waals surface area contributed by atoms with Crippen LogP contribution in [-0.2, 0) is 0 Å². The zero-order chi connectivity index (χ0) is 19.3. The molecule has 2 aliphatic rings. The molecule has 0 fully saturated rings. The van der Waals surface area contributed by atoms with Crippen molar-refractivity contribution in [2.24, 2.45) is 5.10 Å². The van der Waals surface area contributed by atoms with Gasteiger partial charge < -0.3 is 4.74 Å². The van der Waals surface area contributed by atoms with E-state index in [1.54, 1.807) is 40.6 Å². The van der Waals surface area contributed by atoms with Gasteiger partial charge in [-0.25, -0.2) is 5.01 Å². The molecule has 0 spiro atoms. The number of ketones is 1. The first kappa shape index (κ1) is 17.9. The quantitative estimate of drug-likeness (QED) is 0.444. The summed E-state index contributed by atoms with van der Waals surface area (Å²) in [5.74, 6) is 0.589. The number of nitrogens with zero attached hydrogens (tertiary/aromatic N) is 2. The largest absolute Gasteiger partial charge is 0.461 e. The summed E-state index contributed by atoms with van der Waals surface area (Å²) >= 11 is 11.2. The molecule has 0 radical (unpaired) electrons. The average Bonchev–Trinajstić information content (AvgIpc) is 3.37. The third-order valence-electron chi connectivity index (χ3n) is 4.91. The number of carbonyl (C=O) groups excluding carboxylic acids is 1. The smallest absolute Gasteiger partial charge is 0.251 e. The van der Waals surface area contributed by atoms with Crippen LogP contribution in [0.25, 0.3) is 0 Å². The fourth-order valence-electron chi connectivity index (χ4n) is 3.58. The number of halogens is 2. The second kappa shape index (κ2) is 7.03. The highest BCUT2D eigenvalue weighted by atomic mass is 79.9. The van der Waals surface area contributed by atoms with Crippen LogP contribution in [0.4, 0.5) is 0 Å². The number of thiophene rings is 1. The van der Waals surface area contributed by atoms with Crippen molar-refractivity contribution in [2.75, 3.05) is 0 Å². The minimum atomic E-state index is -0.808. The van der Waals surface area contributed by atoms with Gasteiger partial charge in [-0.05, 0) is 53.9 Å². The maximum Gasteiger partial charge on any atom is 0.251 e. The second-order valence-electron chi connectivity index (χ2n) is 6.65. The summed E-state index contributed by atoms with van der Waals surface area (Å²) in [6.45, 7) is 0. The van der Waals surface area contributed by atoms with E-state index in [2.05, 4.69) is 22.0 Å². The molecule has 140 valence electrons. The Bertz CT molecular complexity index is 1080. The average molecular weight is 474 g/mol. The number of ether oxygens (including phenoxy) is 1. The molecule has 4 nitrogen and oxygen atoms in total. The van der Waals surface area contributed by atoms with E-state index in [4.69, 9.17) is 21.4 Å². The number of hydrogen-bond acceptors (Lipinski definition) is 5. The number of rotatable bonds is 3. The van der Waals surface area contributed by atoms with Crippen molar-refractivity contribution in [3.63, 3.8) is 0 Å². The molecule has 3 aromatic rings. The monoisotopic (exact) mass is 472 g/mol. The van der Waals surface area contributed by atoms with Gasteiger partial charge in [0.2, 0.25) is 5.78 Å². The first-order chi connectivity index (χ1) is 13.6. The summed E-state index contributed by atoms with van der Waals surface area (Å²) in [4.78, 5) is 14.4. The second-order valence-corrected chi connectivity index (χ2v) is 8.95. The molecule has 3 heterocycles. The number of hydrazone groups is 1. The van der Waals surface area contributed by atoms with Crippen LogP contribution < -0.4 is 4.74 Å². The third-order valence-corrected chi connectivity index (χ3v) is 6.57. The molecule has 2 atom stereocenters. The molecule has 0 aliphatic carbocycles. The molecule has 28 heavy (non-hydrogen) atoms. The lowest BCUT2D eigenvalue weighted by Gasteiger charge is -2.37. The zero-order valence-electron chi connectivity index (χ0n) is 14.5. The number of benzene rings is 2. The van der Waals surface area contributed by atoms with Crippen molar-refractivity contribution in [1.82, 2.24) is 5.01 Å². The predicted molar refractivity (Wildman–Crippen MR) is 114 cm³/mol. The van der Waals surface area contributed by atoms with Crippen LogP contribution >= 0.6 is 38.9 Å². The van der Waals surface area contributed by atoms with Gasteiger partial charge in [0.05, 0.1) is 16.6 Å². The highest BCUT2D eigenvalue weighted by molar-refractivity contribution is 9.10. The Kier molecular flexibility index (Phi) is 4.50. The lowest BCUT2D eigenvalue weighted by Crippen LogP contribution is -2.45. The van der Waals surface area contributed by atoms with Crippen molar-refractivity contribution in [3.8, 4) is 5.75 Å². The van der Waals surface area contributed by atoms with Crippen molar-refractivity contribution in [2.45, 2.75) is 18.7 Å². The van der Waals surface area contributed by atoms with E-state index in [1.807, 2.05) is 29.6 Å². The van der Waals surface area contributed by atoms with Crippen molar-refractivity contribution in [3.05, 3.63) is 85.5 Å². The molecule has 2 aromatic carbocycles. The summed E-state index contributed by atoms with van der Waals surface area (Å²) in [5, 5.41) is 9.23. The number of Topliss-reactive ketones (excluding diaryl/α,β-unsaturated/α-hetero) is 1. The van der Waals surface area contributed by atoms with E-state index >= 15 is 0 Å². The number of fused-ring (bicyclic) bond motifs is 3. The van der Waals surface area contributed by atoms with Gasteiger partial charge in [-0.1, -0.05) is 33.6 Å². The molecule has 0 saturated carbocycles. The number of hydrogen-bond donors (Lipinski definition) is 0. The molecule has 0 saturated heterocycles. The van der Waals surface area contributed by atoms with Crippen LogP contribution in [0.2, 0.25) is 5.02 Å². The summed E-state index contributed by atoms with van der Waals surface area (Å²) in [7, 11) is 0. The predicted octanol–water partition coefficient (Wildman–Crippen LogP) is 5.92. The van der Waals surface area contributed by atoms with E-state index in [0.717, 1.165) is 32.8 Å². The Morgan fingerprint density at radius 2 is 2.04 bits per heavy atom. The summed E-state index contributed by atoms with van der Waals surface area (Å²) in [6.07, 6.45) is -0.0742. The fourth-order valence-corrected chi connectivity index (χ4v) is 4.81. The molecular formula is C21H14BrClN2O2S. The Morgan fingerprint density at radius 1 is 1.21 bits per heavy atom. The van der Waals surface area contributed by atoms with Crippen molar-refractivity contribution in [1.29, 1.82) is 0 Å². The first-order valence-electron chi connectivity index (χ1n) is 8.76. The molecule has 0 amide bonds. The maximum atomic E-state index is 13.2. The van der Waals surface area contributed by atoms with Crippen molar-refractivity contribution >= 4 is 50.4 Å². The highest BCUT2D eigenvalue weighted by Gasteiger charge is 2.43. The Balaban J connectivity index is 1.57. The Hall–Kier alpha value is -2.15. The summed E-state index contributed by atoms with van der Waals surface area (Å²) < 4.78 is 7.11. The molecule has 1 aromatic heterocycles. The topological polar surface area (TPSA) is 41.9 Å². The van der Waals surface area contributed by atoms with Gasteiger partial charge in [0, 0.05) is 27.0 Å². The van der Waals surface area contributed by atoms with Crippen LogP contribution in [0.3, 0.4) is 0 Å². The summed E-state index contributed by atoms with van der Waals surface area (Å²) in [5.41, 5.74) is 2.56. The van der Waals surface area contributed by atoms with Crippen LogP contribution in [0.1, 0.15) is 33.3 Å². The molecule has 0 bridgehead atoms.